The van der Waals surface area contributed by atoms with Gasteiger partial charge in [0, 0.05) is 12.1 Å². The summed E-state index contributed by atoms with van der Waals surface area (Å²) in [6.45, 7) is 4.92. The molecule has 0 heterocycles. The number of methoxy groups -OCH3 is 2. The van der Waals surface area contributed by atoms with Crippen molar-refractivity contribution >= 4 is 5.69 Å². The maximum absolute atomic E-state index is 5.33. The Morgan fingerprint density at radius 3 is 2.43 bits per heavy atom. The van der Waals surface area contributed by atoms with Gasteiger partial charge in [0.25, 0.3) is 0 Å². The number of benzene rings is 1. The molecule has 0 aliphatic rings. The average molecular weight is 195 g/mol. The van der Waals surface area contributed by atoms with Gasteiger partial charge in [0.05, 0.1) is 19.9 Å². The number of hydrogen-bond donors (Lipinski definition) is 1. The van der Waals surface area contributed by atoms with Crippen molar-refractivity contribution in [3.05, 3.63) is 17.7 Å². The topological polar surface area (TPSA) is 30.5 Å². The van der Waals surface area contributed by atoms with E-state index in [1.165, 1.54) is 0 Å². The number of hydrogen-bond acceptors (Lipinski definition) is 3. The Morgan fingerprint density at radius 2 is 1.93 bits per heavy atom. The van der Waals surface area contributed by atoms with Gasteiger partial charge in [-0.05, 0) is 26.0 Å². The molecule has 1 aromatic carbocycles. The van der Waals surface area contributed by atoms with E-state index in [1.54, 1.807) is 14.2 Å². The van der Waals surface area contributed by atoms with Crippen molar-refractivity contribution in [1.82, 2.24) is 0 Å². The largest absolute Gasteiger partial charge is 0.496 e. The molecule has 78 valence electrons. The van der Waals surface area contributed by atoms with Crippen LogP contribution in [0.4, 0.5) is 5.69 Å². The zero-order valence-electron chi connectivity index (χ0n) is 9.18. The number of nitrogens with one attached hydrogen (secondary N) is 1. The lowest BCUT2D eigenvalue weighted by Crippen LogP contribution is -2.01. The van der Waals surface area contributed by atoms with Crippen LogP contribution in [0.15, 0.2) is 12.1 Å². The molecular weight excluding hydrogens is 178 g/mol. The molecule has 0 unspecified atom stereocenters. The van der Waals surface area contributed by atoms with Gasteiger partial charge < -0.3 is 14.8 Å². The van der Waals surface area contributed by atoms with Crippen LogP contribution >= 0.6 is 0 Å². The van der Waals surface area contributed by atoms with Crippen LogP contribution < -0.4 is 14.8 Å². The first-order chi connectivity index (χ1) is 6.74. The van der Waals surface area contributed by atoms with E-state index in [-0.39, 0.29) is 0 Å². The molecule has 0 amide bonds. The summed E-state index contributed by atoms with van der Waals surface area (Å²) in [6, 6.07) is 3.91. The van der Waals surface area contributed by atoms with E-state index in [4.69, 9.17) is 9.47 Å². The van der Waals surface area contributed by atoms with Crippen LogP contribution in [0.25, 0.3) is 0 Å². The summed E-state index contributed by atoms with van der Waals surface area (Å²) in [7, 11) is 3.33. The highest BCUT2D eigenvalue weighted by molar-refractivity contribution is 5.63. The van der Waals surface area contributed by atoms with Crippen molar-refractivity contribution in [3.63, 3.8) is 0 Å². The standard InChI is InChI=1S/C11H17NO2/c1-5-12-9-6-7-10(13-3)8(2)11(9)14-4/h6-7,12H,5H2,1-4H3. The van der Waals surface area contributed by atoms with E-state index < -0.39 is 0 Å². The maximum atomic E-state index is 5.33. The molecule has 3 nitrogen and oxygen atoms in total. The van der Waals surface area contributed by atoms with Crippen LogP contribution in [-0.2, 0) is 0 Å². The van der Waals surface area contributed by atoms with Gasteiger partial charge in [-0.2, -0.15) is 0 Å². The zero-order valence-corrected chi connectivity index (χ0v) is 9.18. The fourth-order valence-corrected chi connectivity index (χ4v) is 1.49. The van der Waals surface area contributed by atoms with Crippen molar-refractivity contribution in [2.45, 2.75) is 13.8 Å². The molecule has 1 rings (SSSR count). The molecule has 0 spiro atoms. The first kappa shape index (κ1) is 10.7. The second-order valence-corrected chi connectivity index (χ2v) is 3.00. The third kappa shape index (κ3) is 1.92. The Kier molecular flexibility index (Phi) is 3.63. The summed E-state index contributed by atoms with van der Waals surface area (Å²) in [4.78, 5) is 0. The number of anilines is 1. The number of rotatable bonds is 4. The van der Waals surface area contributed by atoms with Crippen molar-refractivity contribution in [2.24, 2.45) is 0 Å². The predicted octanol–water partition coefficient (Wildman–Crippen LogP) is 2.44. The van der Waals surface area contributed by atoms with Crippen molar-refractivity contribution < 1.29 is 9.47 Å². The fourth-order valence-electron chi connectivity index (χ4n) is 1.49. The van der Waals surface area contributed by atoms with E-state index in [9.17, 15) is 0 Å². The van der Waals surface area contributed by atoms with Gasteiger partial charge in [0.2, 0.25) is 0 Å². The van der Waals surface area contributed by atoms with Crippen LogP contribution in [0.2, 0.25) is 0 Å². The third-order valence-corrected chi connectivity index (χ3v) is 2.15. The quantitative estimate of drug-likeness (QED) is 0.800. The van der Waals surface area contributed by atoms with Crippen molar-refractivity contribution in [3.8, 4) is 11.5 Å². The first-order valence-electron chi connectivity index (χ1n) is 4.70. The minimum Gasteiger partial charge on any atom is -0.496 e. The minimum atomic E-state index is 0.850. The summed E-state index contributed by atoms with van der Waals surface area (Å²) >= 11 is 0. The summed E-state index contributed by atoms with van der Waals surface area (Å²) in [5.41, 5.74) is 2.03. The van der Waals surface area contributed by atoms with Crippen LogP contribution in [0.3, 0.4) is 0 Å². The second kappa shape index (κ2) is 4.74. The van der Waals surface area contributed by atoms with Gasteiger partial charge in [-0.25, -0.2) is 0 Å². The molecule has 0 saturated carbocycles. The number of ether oxygens (including phenoxy) is 2. The van der Waals surface area contributed by atoms with Crippen molar-refractivity contribution in [1.29, 1.82) is 0 Å². The molecule has 14 heavy (non-hydrogen) atoms. The lowest BCUT2D eigenvalue weighted by molar-refractivity contribution is 0.390. The Hall–Kier alpha value is -1.38. The highest BCUT2D eigenvalue weighted by atomic mass is 16.5. The van der Waals surface area contributed by atoms with E-state index >= 15 is 0 Å². The van der Waals surface area contributed by atoms with Crippen LogP contribution in [0.1, 0.15) is 12.5 Å². The normalized spacial score (nSPS) is 9.71. The van der Waals surface area contributed by atoms with E-state index in [2.05, 4.69) is 12.2 Å². The van der Waals surface area contributed by atoms with Crippen LogP contribution in [0.5, 0.6) is 11.5 Å². The first-order valence-corrected chi connectivity index (χ1v) is 4.70. The van der Waals surface area contributed by atoms with Crippen LogP contribution in [-0.4, -0.2) is 20.8 Å². The molecule has 1 aromatic rings. The molecule has 0 aliphatic heterocycles. The summed E-state index contributed by atoms with van der Waals surface area (Å²) < 4.78 is 10.5. The summed E-state index contributed by atoms with van der Waals surface area (Å²) in [6.07, 6.45) is 0. The van der Waals surface area contributed by atoms with Gasteiger partial charge in [-0.3, -0.25) is 0 Å². The SMILES string of the molecule is CCNc1ccc(OC)c(C)c1OC. The zero-order chi connectivity index (χ0) is 10.6. The monoisotopic (exact) mass is 195 g/mol. The second-order valence-electron chi connectivity index (χ2n) is 3.00. The Morgan fingerprint density at radius 1 is 1.21 bits per heavy atom. The summed E-state index contributed by atoms with van der Waals surface area (Å²) in [5.74, 6) is 1.70. The molecule has 0 radical (unpaired) electrons. The third-order valence-electron chi connectivity index (χ3n) is 2.15. The molecule has 1 N–H and O–H groups in total. The predicted molar refractivity (Wildman–Crippen MR) is 58.4 cm³/mol. The molecule has 0 aliphatic carbocycles. The Balaban J connectivity index is 3.14. The molecular formula is C11H17NO2. The van der Waals surface area contributed by atoms with E-state index in [1.807, 2.05) is 19.1 Å². The van der Waals surface area contributed by atoms with Gasteiger partial charge in [0.1, 0.15) is 11.5 Å². The highest BCUT2D eigenvalue weighted by Crippen LogP contribution is 2.34. The smallest absolute Gasteiger partial charge is 0.148 e. The lowest BCUT2D eigenvalue weighted by Gasteiger charge is -2.14. The lowest BCUT2D eigenvalue weighted by atomic mass is 10.1. The van der Waals surface area contributed by atoms with E-state index in [0.717, 1.165) is 29.3 Å². The van der Waals surface area contributed by atoms with Gasteiger partial charge in [-0.15, -0.1) is 0 Å². The fraction of sp³-hybridized carbons (Fsp3) is 0.455. The molecule has 0 aromatic heterocycles. The highest BCUT2D eigenvalue weighted by Gasteiger charge is 2.09. The Labute approximate surface area is 85.0 Å². The Bertz CT molecular complexity index is 310. The summed E-state index contributed by atoms with van der Waals surface area (Å²) in [5, 5.41) is 3.24. The van der Waals surface area contributed by atoms with E-state index in [0.29, 0.717) is 0 Å². The molecule has 0 atom stereocenters. The van der Waals surface area contributed by atoms with Gasteiger partial charge in [0.15, 0.2) is 0 Å². The maximum Gasteiger partial charge on any atom is 0.148 e. The molecule has 0 bridgehead atoms. The minimum absolute atomic E-state index is 0.850. The van der Waals surface area contributed by atoms with Crippen molar-refractivity contribution in [2.75, 3.05) is 26.1 Å². The molecule has 0 saturated heterocycles. The average Bonchev–Trinajstić information content (AvgIpc) is 2.19. The van der Waals surface area contributed by atoms with Gasteiger partial charge in [-0.1, -0.05) is 0 Å². The van der Waals surface area contributed by atoms with Crippen LogP contribution in [0, 0.1) is 6.92 Å². The molecule has 0 fully saturated rings. The molecule has 3 heteroatoms. The van der Waals surface area contributed by atoms with Gasteiger partial charge >= 0.3 is 0 Å².